The number of aromatic amines is 1. The highest BCUT2D eigenvalue weighted by Gasteiger charge is 2.16. The van der Waals surface area contributed by atoms with Crippen LogP contribution in [0.5, 0.6) is 5.88 Å². The number of aliphatic imine (C=N–C) groups is 1. The number of nitrogens with one attached hydrogen (secondary N) is 1. The van der Waals surface area contributed by atoms with Crippen molar-refractivity contribution in [3.63, 3.8) is 0 Å². The lowest BCUT2D eigenvalue weighted by Crippen LogP contribution is -1.95. The van der Waals surface area contributed by atoms with E-state index in [1.54, 1.807) is 0 Å². The number of rotatable bonds is 5. The van der Waals surface area contributed by atoms with Gasteiger partial charge in [-0.15, -0.1) is 0 Å². The number of hydrogen-bond donors (Lipinski definition) is 1. The summed E-state index contributed by atoms with van der Waals surface area (Å²) in [4.78, 5) is 7.90. The second-order valence-electron chi connectivity index (χ2n) is 5.06. The monoisotopic (exact) mass is 272 g/mol. The Morgan fingerprint density at radius 2 is 1.85 bits per heavy atom. The van der Waals surface area contributed by atoms with Gasteiger partial charge in [0, 0.05) is 17.5 Å². The summed E-state index contributed by atoms with van der Waals surface area (Å²) in [5, 5.41) is 0. The summed E-state index contributed by atoms with van der Waals surface area (Å²) in [5.41, 5.74) is 7.30. The summed E-state index contributed by atoms with van der Waals surface area (Å²) in [6.07, 6.45) is 6.05. The molecule has 2 rings (SSSR count). The highest BCUT2D eigenvalue weighted by atomic mass is 16.5. The van der Waals surface area contributed by atoms with Gasteiger partial charge in [-0.1, -0.05) is 13.8 Å². The Labute approximate surface area is 121 Å². The van der Waals surface area contributed by atoms with E-state index in [0.717, 1.165) is 30.1 Å². The summed E-state index contributed by atoms with van der Waals surface area (Å²) >= 11 is 0. The number of aromatic nitrogens is 1. The van der Waals surface area contributed by atoms with E-state index in [4.69, 9.17) is 4.74 Å². The zero-order chi connectivity index (χ0) is 14.7. The molecule has 0 fully saturated rings. The molecule has 3 nitrogen and oxygen atoms in total. The molecule has 1 aliphatic heterocycles. The van der Waals surface area contributed by atoms with E-state index in [-0.39, 0.29) is 0 Å². The van der Waals surface area contributed by atoms with Crippen LogP contribution in [0.2, 0.25) is 0 Å². The first-order valence-electron chi connectivity index (χ1n) is 7.42. The first-order valence-corrected chi connectivity index (χ1v) is 7.42. The van der Waals surface area contributed by atoms with Gasteiger partial charge in [0.1, 0.15) is 0 Å². The van der Waals surface area contributed by atoms with Gasteiger partial charge in [-0.05, 0) is 56.4 Å². The molecule has 0 atom stereocenters. The first kappa shape index (κ1) is 14.6. The number of allylic oxidation sites excluding steroid dienone is 2. The Kier molecular flexibility index (Phi) is 4.48. The minimum Gasteiger partial charge on any atom is -0.479 e. The third-order valence-corrected chi connectivity index (χ3v) is 3.86. The topological polar surface area (TPSA) is 37.4 Å². The summed E-state index contributed by atoms with van der Waals surface area (Å²) in [7, 11) is 0. The van der Waals surface area contributed by atoms with Gasteiger partial charge in [-0.25, -0.2) is 0 Å². The van der Waals surface area contributed by atoms with E-state index in [1.165, 1.54) is 22.3 Å². The van der Waals surface area contributed by atoms with Gasteiger partial charge in [0.25, 0.3) is 0 Å². The first-order chi connectivity index (χ1) is 9.62. The number of H-pyrrole nitrogens is 1. The maximum atomic E-state index is 5.73. The third-order valence-electron chi connectivity index (χ3n) is 3.86. The molecule has 0 unspecified atom stereocenters. The fourth-order valence-corrected chi connectivity index (χ4v) is 2.59. The smallest absolute Gasteiger partial charge is 0.194 e. The van der Waals surface area contributed by atoms with E-state index in [1.807, 2.05) is 13.1 Å². The lowest BCUT2D eigenvalue weighted by molar-refractivity contribution is 0.325. The van der Waals surface area contributed by atoms with Gasteiger partial charge >= 0.3 is 0 Å². The highest BCUT2D eigenvalue weighted by Crippen LogP contribution is 2.30. The van der Waals surface area contributed by atoms with Crippen LogP contribution >= 0.6 is 0 Å². The molecule has 20 heavy (non-hydrogen) atoms. The van der Waals surface area contributed by atoms with Crippen molar-refractivity contribution in [2.75, 3.05) is 6.61 Å². The van der Waals surface area contributed by atoms with Crippen LogP contribution in [0.3, 0.4) is 0 Å². The molecule has 0 bridgehead atoms. The molecule has 1 aromatic rings. The fraction of sp³-hybridized carbons (Fsp3) is 0.471. The predicted molar refractivity (Wildman–Crippen MR) is 85.6 cm³/mol. The van der Waals surface area contributed by atoms with Crippen molar-refractivity contribution in [2.24, 2.45) is 4.99 Å². The fourth-order valence-electron chi connectivity index (χ4n) is 2.59. The van der Waals surface area contributed by atoms with Crippen LogP contribution in [0, 0.1) is 0 Å². The Morgan fingerprint density at radius 1 is 1.15 bits per heavy atom. The molecular weight excluding hydrogens is 248 g/mol. The molecule has 1 aromatic heterocycles. The summed E-state index contributed by atoms with van der Waals surface area (Å²) in [6, 6.07) is 0. The minimum atomic E-state index is 0.683. The second-order valence-corrected chi connectivity index (χ2v) is 5.06. The van der Waals surface area contributed by atoms with Gasteiger partial charge in [-0.2, -0.15) is 0 Å². The number of nitrogens with zero attached hydrogens (tertiary/aromatic N) is 1. The minimum absolute atomic E-state index is 0.683. The second kappa shape index (κ2) is 6.12. The summed E-state index contributed by atoms with van der Waals surface area (Å²) in [5.74, 6) is 0.916. The third kappa shape index (κ3) is 2.58. The molecule has 108 valence electrons. The Morgan fingerprint density at radius 3 is 2.35 bits per heavy atom. The quantitative estimate of drug-likeness (QED) is 0.852. The lowest BCUT2D eigenvalue weighted by atomic mass is 10.0. The van der Waals surface area contributed by atoms with Crippen molar-refractivity contribution in [1.29, 1.82) is 0 Å². The molecule has 0 spiro atoms. The molecule has 1 N–H and O–H groups in total. The Hall–Kier alpha value is -1.77. The number of hydrogen-bond acceptors (Lipinski definition) is 2. The maximum Gasteiger partial charge on any atom is 0.194 e. The van der Waals surface area contributed by atoms with E-state index in [0.29, 0.717) is 6.61 Å². The van der Waals surface area contributed by atoms with E-state index in [2.05, 4.69) is 43.7 Å². The van der Waals surface area contributed by atoms with Crippen molar-refractivity contribution in [3.8, 4) is 5.88 Å². The molecule has 0 saturated carbocycles. The SMILES string of the molecule is CCOc1[nH]c(/C=C2\N=CC(C)=C2C)c(CC)c1CC. The van der Waals surface area contributed by atoms with E-state index >= 15 is 0 Å². The molecule has 2 heterocycles. The predicted octanol–water partition coefficient (Wildman–Crippen LogP) is 4.30. The number of ether oxygens (including phenoxy) is 1. The zero-order valence-corrected chi connectivity index (χ0v) is 13.1. The van der Waals surface area contributed by atoms with E-state index in [9.17, 15) is 0 Å². The highest BCUT2D eigenvalue weighted by molar-refractivity contribution is 5.87. The average Bonchev–Trinajstić information content (AvgIpc) is 2.93. The molecule has 0 saturated heterocycles. The van der Waals surface area contributed by atoms with Crippen molar-refractivity contribution in [3.05, 3.63) is 33.7 Å². The van der Waals surface area contributed by atoms with Gasteiger partial charge in [0.2, 0.25) is 0 Å². The van der Waals surface area contributed by atoms with Crippen LogP contribution in [0.25, 0.3) is 6.08 Å². The van der Waals surface area contributed by atoms with E-state index < -0.39 is 0 Å². The van der Waals surface area contributed by atoms with Crippen molar-refractivity contribution < 1.29 is 4.74 Å². The van der Waals surface area contributed by atoms with Crippen molar-refractivity contribution in [2.45, 2.75) is 47.5 Å². The molecule has 0 amide bonds. The average molecular weight is 272 g/mol. The van der Waals surface area contributed by atoms with Crippen molar-refractivity contribution in [1.82, 2.24) is 4.98 Å². The molecular formula is C17H24N2O. The molecule has 0 aromatic carbocycles. The summed E-state index contributed by atoms with van der Waals surface area (Å²) in [6.45, 7) is 11.3. The van der Waals surface area contributed by atoms with Gasteiger partial charge in [0.15, 0.2) is 5.88 Å². The molecule has 0 radical (unpaired) electrons. The molecule has 1 aliphatic rings. The van der Waals surface area contributed by atoms with Crippen LogP contribution in [0.4, 0.5) is 0 Å². The van der Waals surface area contributed by atoms with Crippen LogP contribution in [0.15, 0.2) is 21.8 Å². The largest absolute Gasteiger partial charge is 0.479 e. The Bertz CT molecular complexity index is 588. The molecule has 3 heteroatoms. The van der Waals surface area contributed by atoms with Gasteiger partial charge in [-0.3, -0.25) is 4.99 Å². The normalized spacial score (nSPS) is 16.6. The van der Waals surface area contributed by atoms with Crippen LogP contribution in [-0.4, -0.2) is 17.8 Å². The van der Waals surface area contributed by atoms with Crippen LogP contribution < -0.4 is 4.74 Å². The lowest BCUT2D eigenvalue weighted by Gasteiger charge is -2.03. The zero-order valence-electron chi connectivity index (χ0n) is 13.1. The van der Waals surface area contributed by atoms with Gasteiger partial charge in [0.05, 0.1) is 12.3 Å². The van der Waals surface area contributed by atoms with Crippen LogP contribution in [-0.2, 0) is 12.8 Å². The van der Waals surface area contributed by atoms with Crippen molar-refractivity contribution >= 4 is 12.3 Å². The maximum absolute atomic E-state index is 5.73. The molecule has 0 aliphatic carbocycles. The van der Waals surface area contributed by atoms with Crippen LogP contribution in [0.1, 0.15) is 51.4 Å². The standard InChI is InChI=1S/C17H24N2O/c1-6-13-14(7-2)17(20-8-3)19-16(13)9-15-12(5)11(4)10-18-15/h9-10,19H,6-8H2,1-5H3/b15-9-. The van der Waals surface area contributed by atoms with Gasteiger partial charge < -0.3 is 9.72 Å². The summed E-state index contributed by atoms with van der Waals surface area (Å²) < 4.78 is 5.73. The Balaban J connectivity index is 2.47.